The number of amides is 2. The average Bonchev–Trinajstić information content (AvgIpc) is 3.42. The fourth-order valence-electron chi connectivity index (χ4n) is 5.59. The minimum atomic E-state index is -0.296. The Morgan fingerprint density at radius 2 is 2.00 bits per heavy atom. The number of carbonyl (C=O) groups excluding carboxylic acids is 2. The van der Waals surface area contributed by atoms with E-state index in [0.717, 1.165) is 41.5 Å². The maximum atomic E-state index is 12.9. The van der Waals surface area contributed by atoms with Crippen molar-refractivity contribution in [3.8, 4) is 5.75 Å². The number of nitrogens with one attached hydrogen (secondary N) is 1. The van der Waals surface area contributed by atoms with Crippen LogP contribution >= 0.6 is 11.6 Å². The number of hydrogen-bond acceptors (Lipinski definition) is 5. The van der Waals surface area contributed by atoms with Crippen molar-refractivity contribution in [1.29, 1.82) is 0 Å². The van der Waals surface area contributed by atoms with Gasteiger partial charge in [0.1, 0.15) is 24.9 Å². The second-order valence-corrected chi connectivity index (χ2v) is 10.4. The summed E-state index contributed by atoms with van der Waals surface area (Å²) in [4.78, 5) is 48.7. The number of carbonyl (C=O) groups is 2. The second kappa shape index (κ2) is 10.1. The number of aromatic amines is 1. The number of H-pyrrole nitrogens is 1. The number of pyridine rings is 2. The Balaban J connectivity index is 1.21. The van der Waals surface area contributed by atoms with Gasteiger partial charge in [-0.25, -0.2) is 0 Å². The van der Waals surface area contributed by atoms with Gasteiger partial charge in [-0.1, -0.05) is 35.9 Å². The Morgan fingerprint density at radius 3 is 2.84 bits per heavy atom. The van der Waals surface area contributed by atoms with Crippen LogP contribution < -0.4 is 10.3 Å². The standard InChI is InChI=1S/C29H27ClN4O4/c30-22-7-8-23(32-14-22)17-38-25-9-10-31-28(36)27(25)21-6-5-19-12-18(3-4-20(19)13-21)15-33-16-26(35)34-11-1-2-24(34)29(33)37/h3-4,7-10,12-14,24H,1-2,5-6,11,15-17H2,(H,31,36)/t24-/m1/s1. The Kier molecular flexibility index (Phi) is 6.49. The van der Waals surface area contributed by atoms with Crippen molar-refractivity contribution in [3.63, 3.8) is 0 Å². The van der Waals surface area contributed by atoms with Gasteiger partial charge < -0.3 is 19.5 Å². The first-order chi connectivity index (χ1) is 18.5. The minimum Gasteiger partial charge on any atom is -0.486 e. The predicted octanol–water partition coefficient (Wildman–Crippen LogP) is 3.82. The lowest BCUT2D eigenvalue weighted by atomic mass is 9.88. The summed E-state index contributed by atoms with van der Waals surface area (Å²) in [7, 11) is 0. The van der Waals surface area contributed by atoms with E-state index in [9.17, 15) is 14.4 Å². The van der Waals surface area contributed by atoms with Gasteiger partial charge in [-0.05, 0) is 66.1 Å². The first-order valence-corrected chi connectivity index (χ1v) is 13.2. The van der Waals surface area contributed by atoms with Crippen molar-refractivity contribution in [2.45, 2.75) is 44.9 Å². The third-order valence-electron chi connectivity index (χ3n) is 7.48. The molecule has 8 nitrogen and oxygen atoms in total. The normalized spacial score (nSPS) is 18.8. The molecule has 1 aliphatic carbocycles. The summed E-state index contributed by atoms with van der Waals surface area (Å²) in [5.41, 5.74) is 5.14. The van der Waals surface area contributed by atoms with E-state index in [2.05, 4.69) is 16.0 Å². The zero-order chi connectivity index (χ0) is 26.2. The Bertz CT molecular complexity index is 1500. The molecular formula is C29H27ClN4O4. The molecule has 3 aliphatic rings. The Morgan fingerprint density at radius 1 is 1.11 bits per heavy atom. The summed E-state index contributed by atoms with van der Waals surface area (Å²) in [5.74, 6) is 0.591. The van der Waals surface area contributed by atoms with Crippen molar-refractivity contribution in [1.82, 2.24) is 19.8 Å². The van der Waals surface area contributed by atoms with Crippen molar-refractivity contribution < 1.29 is 14.3 Å². The van der Waals surface area contributed by atoms with E-state index in [1.165, 1.54) is 0 Å². The van der Waals surface area contributed by atoms with Crippen LogP contribution in [0.4, 0.5) is 0 Å². The first-order valence-electron chi connectivity index (χ1n) is 12.8. The molecule has 2 fully saturated rings. The summed E-state index contributed by atoms with van der Waals surface area (Å²) in [6.45, 7) is 1.47. The van der Waals surface area contributed by atoms with Crippen LogP contribution in [0.5, 0.6) is 5.75 Å². The van der Waals surface area contributed by atoms with E-state index in [-0.39, 0.29) is 36.6 Å². The molecule has 0 bridgehead atoms. The van der Waals surface area contributed by atoms with E-state index in [4.69, 9.17) is 16.3 Å². The molecule has 0 radical (unpaired) electrons. The summed E-state index contributed by atoms with van der Waals surface area (Å²) in [6, 6.07) is 11.1. The highest BCUT2D eigenvalue weighted by Gasteiger charge is 2.41. The van der Waals surface area contributed by atoms with Gasteiger partial charge in [0.25, 0.3) is 5.56 Å². The lowest BCUT2D eigenvalue weighted by molar-refractivity contribution is -0.154. The third kappa shape index (κ3) is 4.72. The highest BCUT2D eigenvalue weighted by Crippen LogP contribution is 2.34. The molecule has 2 amide bonds. The topological polar surface area (TPSA) is 95.6 Å². The maximum Gasteiger partial charge on any atom is 0.259 e. The highest BCUT2D eigenvalue weighted by atomic mass is 35.5. The monoisotopic (exact) mass is 530 g/mol. The summed E-state index contributed by atoms with van der Waals surface area (Å²) < 4.78 is 6.00. The molecule has 2 saturated heterocycles. The number of piperazine rings is 1. The van der Waals surface area contributed by atoms with Crippen LogP contribution in [0.1, 0.15) is 47.2 Å². The number of aromatic nitrogens is 2. The minimum absolute atomic E-state index is 0.0376. The third-order valence-corrected chi connectivity index (χ3v) is 7.70. The molecule has 6 rings (SSSR count). The van der Waals surface area contributed by atoms with E-state index < -0.39 is 0 Å². The summed E-state index contributed by atoms with van der Waals surface area (Å²) in [5, 5.41) is 0.552. The van der Waals surface area contributed by atoms with E-state index in [1.807, 2.05) is 18.2 Å². The number of fused-ring (bicyclic) bond motifs is 2. The van der Waals surface area contributed by atoms with Gasteiger partial charge in [0.15, 0.2) is 0 Å². The molecule has 1 N–H and O–H groups in total. The van der Waals surface area contributed by atoms with Crippen molar-refractivity contribution in [2.75, 3.05) is 13.1 Å². The van der Waals surface area contributed by atoms with Crippen LogP contribution in [0.25, 0.3) is 11.6 Å². The zero-order valence-corrected chi connectivity index (χ0v) is 21.5. The van der Waals surface area contributed by atoms with Gasteiger partial charge in [-0.2, -0.15) is 0 Å². The molecule has 194 valence electrons. The van der Waals surface area contributed by atoms with Crippen LogP contribution in [0.15, 0.2) is 53.6 Å². The van der Waals surface area contributed by atoms with Gasteiger partial charge in [0, 0.05) is 25.5 Å². The number of hydrogen-bond donors (Lipinski definition) is 1. The number of nitrogens with zero attached hydrogens (tertiary/aromatic N) is 3. The Labute approximate surface area is 224 Å². The lowest BCUT2D eigenvalue weighted by Gasteiger charge is -2.36. The summed E-state index contributed by atoms with van der Waals surface area (Å²) in [6.07, 6.45) is 8.25. The number of ether oxygens (including phenoxy) is 1. The molecule has 0 unspecified atom stereocenters. The molecule has 0 spiro atoms. The highest BCUT2D eigenvalue weighted by molar-refractivity contribution is 6.30. The van der Waals surface area contributed by atoms with Gasteiger partial charge in [0.05, 0.1) is 16.3 Å². The van der Waals surface area contributed by atoms with Crippen LogP contribution in [0.2, 0.25) is 5.02 Å². The number of benzene rings is 1. The quantitative estimate of drug-likeness (QED) is 0.523. The van der Waals surface area contributed by atoms with E-state index in [1.54, 1.807) is 40.4 Å². The van der Waals surface area contributed by atoms with E-state index in [0.29, 0.717) is 41.5 Å². The van der Waals surface area contributed by atoms with Gasteiger partial charge in [0.2, 0.25) is 11.8 Å². The van der Waals surface area contributed by atoms with Gasteiger partial charge >= 0.3 is 0 Å². The van der Waals surface area contributed by atoms with Crippen LogP contribution in [0, 0.1) is 0 Å². The van der Waals surface area contributed by atoms with Crippen molar-refractivity contribution >= 4 is 35.1 Å². The fourth-order valence-corrected chi connectivity index (χ4v) is 5.70. The molecule has 0 saturated carbocycles. The number of allylic oxidation sites excluding steroid dienone is 1. The van der Waals surface area contributed by atoms with Gasteiger partial charge in [-0.15, -0.1) is 0 Å². The summed E-state index contributed by atoms with van der Waals surface area (Å²) >= 11 is 5.92. The molecule has 1 aromatic carbocycles. The number of rotatable bonds is 6. The molecule has 3 aromatic rings. The Hall–Kier alpha value is -3.91. The molecule has 9 heteroatoms. The molecule has 4 heterocycles. The lowest BCUT2D eigenvalue weighted by Crippen LogP contribution is -2.56. The largest absolute Gasteiger partial charge is 0.486 e. The first kappa shape index (κ1) is 24.4. The average molecular weight is 531 g/mol. The molecule has 1 atom stereocenters. The smallest absolute Gasteiger partial charge is 0.259 e. The second-order valence-electron chi connectivity index (χ2n) is 9.94. The number of halogens is 1. The van der Waals surface area contributed by atoms with Crippen molar-refractivity contribution in [3.05, 3.63) is 92.1 Å². The SMILES string of the molecule is O=C1[C@H]2CCCN2C(=O)CN1Cc1ccc2c(c1)CCC(c1c(OCc3ccc(Cl)cn3)cc[nH]c1=O)=C2. The number of aryl methyl sites for hydroxylation is 1. The van der Waals surface area contributed by atoms with Gasteiger partial charge in [-0.3, -0.25) is 19.4 Å². The molecule has 2 aromatic heterocycles. The zero-order valence-electron chi connectivity index (χ0n) is 20.8. The molecular weight excluding hydrogens is 504 g/mol. The van der Waals surface area contributed by atoms with Crippen LogP contribution in [0.3, 0.4) is 0 Å². The van der Waals surface area contributed by atoms with E-state index >= 15 is 0 Å². The van der Waals surface area contributed by atoms with Crippen LogP contribution in [-0.2, 0) is 29.2 Å². The van der Waals surface area contributed by atoms with Crippen molar-refractivity contribution in [2.24, 2.45) is 0 Å². The maximum absolute atomic E-state index is 12.9. The van der Waals surface area contributed by atoms with Crippen LogP contribution in [-0.4, -0.2) is 50.7 Å². The molecule has 2 aliphatic heterocycles. The predicted molar refractivity (Wildman–Crippen MR) is 143 cm³/mol. The fraction of sp³-hybridized carbons (Fsp3) is 0.310. The molecule has 38 heavy (non-hydrogen) atoms.